The zero-order chi connectivity index (χ0) is 17.4. The Balaban J connectivity index is 1.57. The number of carbonyl (C=O) groups is 1. The molecule has 0 radical (unpaired) electrons. The molecule has 0 aliphatic heterocycles. The van der Waals surface area contributed by atoms with Gasteiger partial charge in [0, 0.05) is 24.0 Å². The lowest BCUT2D eigenvalue weighted by atomic mass is 10.2. The minimum absolute atomic E-state index is 0.296. The third kappa shape index (κ3) is 2.99. The maximum atomic E-state index is 12.1. The highest BCUT2D eigenvalue weighted by Crippen LogP contribution is 2.32. The van der Waals surface area contributed by atoms with Crippen molar-refractivity contribution in [3.63, 3.8) is 0 Å². The van der Waals surface area contributed by atoms with Crippen LogP contribution in [-0.4, -0.2) is 27.8 Å². The number of methoxy groups -OCH3 is 1. The summed E-state index contributed by atoms with van der Waals surface area (Å²) >= 11 is 1.33. The van der Waals surface area contributed by atoms with Crippen molar-refractivity contribution in [2.75, 3.05) is 12.4 Å². The standard InChI is InChI=1S/C17H14N4O3S/c1-21-6-5-12(20-21)16(22)19-17-18-13(9-25-17)15-8-10-7-11(23-2)3-4-14(10)24-15/h3-9H,1-2H3,(H,18,19,22). The molecule has 0 bridgehead atoms. The highest BCUT2D eigenvalue weighted by molar-refractivity contribution is 7.14. The molecule has 0 aliphatic rings. The van der Waals surface area contributed by atoms with Crippen LogP contribution in [0.4, 0.5) is 5.13 Å². The number of hydrogen-bond donors (Lipinski definition) is 1. The first kappa shape index (κ1) is 15.4. The molecule has 4 aromatic rings. The molecule has 0 spiro atoms. The van der Waals surface area contributed by atoms with E-state index in [9.17, 15) is 4.79 Å². The fraction of sp³-hybridized carbons (Fsp3) is 0.118. The molecule has 0 saturated heterocycles. The van der Waals surface area contributed by atoms with Crippen LogP contribution >= 0.6 is 11.3 Å². The molecule has 126 valence electrons. The van der Waals surface area contributed by atoms with Crippen molar-refractivity contribution in [2.24, 2.45) is 7.05 Å². The third-order valence-corrected chi connectivity index (χ3v) is 4.40. The maximum Gasteiger partial charge on any atom is 0.277 e. The van der Waals surface area contributed by atoms with Crippen molar-refractivity contribution < 1.29 is 13.9 Å². The van der Waals surface area contributed by atoms with Gasteiger partial charge >= 0.3 is 0 Å². The van der Waals surface area contributed by atoms with Gasteiger partial charge in [0.25, 0.3) is 5.91 Å². The number of hydrogen-bond acceptors (Lipinski definition) is 6. The van der Waals surface area contributed by atoms with Crippen molar-refractivity contribution in [1.29, 1.82) is 0 Å². The number of nitrogens with one attached hydrogen (secondary N) is 1. The number of carbonyl (C=O) groups excluding carboxylic acids is 1. The molecule has 0 aliphatic carbocycles. The largest absolute Gasteiger partial charge is 0.497 e. The molecule has 0 fully saturated rings. The van der Waals surface area contributed by atoms with Crippen LogP contribution in [0, 0.1) is 0 Å². The van der Waals surface area contributed by atoms with Crippen LogP contribution in [0.2, 0.25) is 0 Å². The van der Waals surface area contributed by atoms with E-state index in [0.29, 0.717) is 22.3 Å². The topological polar surface area (TPSA) is 82.2 Å². The second-order valence-electron chi connectivity index (χ2n) is 5.38. The molecule has 1 aromatic carbocycles. The summed E-state index contributed by atoms with van der Waals surface area (Å²) in [4.78, 5) is 16.5. The molecule has 0 atom stereocenters. The van der Waals surface area contributed by atoms with Crippen LogP contribution < -0.4 is 10.1 Å². The summed E-state index contributed by atoms with van der Waals surface area (Å²) in [7, 11) is 3.38. The van der Waals surface area contributed by atoms with Gasteiger partial charge in [-0.05, 0) is 30.3 Å². The monoisotopic (exact) mass is 354 g/mol. The van der Waals surface area contributed by atoms with Crippen LogP contribution in [0.25, 0.3) is 22.4 Å². The van der Waals surface area contributed by atoms with Crippen molar-refractivity contribution in [1.82, 2.24) is 14.8 Å². The molecule has 25 heavy (non-hydrogen) atoms. The predicted octanol–water partition coefficient (Wildman–Crippen LogP) is 3.55. The Morgan fingerprint density at radius 2 is 2.20 bits per heavy atom. The number of anilines is 1. The Bertz CT molecular complexity index is 1060. The van der Waals surface area contributed by atoms with Crippen LogP contribution in [0.3, 0.4) is 0 Å². The molecule has 3 heterocycles. The number of furan rings is 1. The molecule has 1 N–H and O–H groups in total. The zero-order valence-corrected chi connectivity index (χ0v) is 14.3. The molecule has 8 heteroatoms. The van der Waals surface area contributed by atoms with Gasteiger partial charge in [-0.25, -0.2) is 4.98 Å². The quantitative estimate of drug-likeness (QED) is 0.606. The van der Waals surface area contributed by atoms with E-state index in [-0.39, 0.29) is 5.91 Å². The summed E-state index contributed by atoms with van der Waals surface area (Å²) in [5.41, 5.74) is 1.76. The second kappa shape index (κ2) is 6.06. The Morgan fingerprint density at radius 1 is 1.32 bits per heavy atom. The van der Waals surface area contributed by atoms with Crippen molar-refractivity contribution in [3.8, 4) is 17.2 Å². The lowest BCUT2D eigenvalue weighted by molar-refractivity contribution is 0.102. The van der Waals surface area contributed by atoms with Crippen LogP contribution in [-0.2, 0) is 7.05 Å². The number of benzene rings is 1. The Morgan fingerprint density at radius 3 is 2.96 bits per heavy atom. The molecule has 0 unspecified atom stereocenters. The first-order valence-corrected chi connectivity index (χ1v) is 8.35. The SMILES string of the molecule is COc1ccc2oc(-c3csc(NC(=O)c4ccn(C)n4)n3)cc2c1. The molecule has 4 rings (SSSR count). The summed E-state index contributed by atoms with van der Waals surface area (Å²) in [6, 6.07) is 9.15. The normalized spacial score (nSPS) is 11.0. The zero-order valence-electron chi connectivity index (χ0n) is 13.5. The molecule has 7 nitrogen and oxygen atoms in total. The van der Waals surface area contributed by atoms with E-state index in [2.05, 4.69) is 15.4 Å². The number of nitrogens with zero attached hydrogens (tertiary/aromatic N) is 3. The number of fused-ring (bicyclic) bond motifs is 1. The van der Waals surface area contributed by atoms with Crippen molar-refractivity contribution in [2.45, 2.75) is 0 Å². The smallest absolute Gasteiger partial charge is 0.277 e. The fourth-order valence-electron chi connectivity index (χ4n) is 2.42. The lowest BCUT2D eigenvalue weighted by Crippen LogP contribution is -2.12. The minimum Gasteiger partial charge on any atom is -0.497 e. The Labute approximate surface area is 146 Å². The van der Waals surface area contributed by atoms with E-state index < -0.39 is 0 Å². The average Bonchev–Trinajstić information content (AvgIpc) is 3.32. The number of aromatic nitrogens is 3. The van der Waals surface area contributed by atoms with Gasteiger partial charge < -0.3 is 9.15 Å². The van der Waals surface area contributed by atoms with Gasteiger partial charge in [0.2, 0.25) is 0 Å². The number of thiazole rings is 1. The number of rotatable bonds is 4. The van der Waals surface area contributed by atoms with Gasteiger partial charge in [0.15, 0.2) is 16.6 Å². The van der Waals surface area contributed by atoms with Gasteiger partial charge in [0.05, 0.1) is 7.11 Å². The molecule has 1 amide bonds. The molecular weight excluding hydrogens is 340 g/mol. The number of aryl methyl sites for hydroxylation is 1. The first-order valence-electron chi connectivity index (χ1n) is 7.47. The maximum absolute atomic E-state index is 12.1. The molecular formula is C17H14N4O3S. The summed E-state index contributed by atoms with van der Waals surface area (Å²) in [6.45, 7) is 0. The Kier molecular flexibility index (Phi) is 3.73. The van der Waals surface area contributed by atoms with Gasteiger partial charge in [-0.2, -0.15) is 5.10 Å². The van der Waals surface area contributed by atoms with Crippen LogP contribution in [0.15, 0.2) is 46.3 Å². The van der Waals surface area contributed by atoms with Crippen molar-refractivity contribution >= 4 is 33.3 Å². The van der Waals surface area contributed by atoms with Gasteiger partial charge in [-0.1, -0.05) is 0 Å². The van der Waals surface area contributed by atoms with Crippen LogP contribution in [0.5, 0.6) is 5.75 Å². The van der Waals surface area contributed by atoms with Gasteiger partial charge in [-0.15, -0.1) is 11.3 Å². The van der Waals surface area contributed by atoms with Crippen molar-refractivity contribution in [3.05, 3.63) is 47.6 Å². The van der Waals surface area contributed by atoms with Gasteiger partial charge in [0.1, 0.15) is 17.0 Å². The van der Waals surface area contributed by atoms with E-state index in [4.69, 9.17) is 9.15 Å². The fourth-order valence-corrected chi connectivity index (χ4v) is 3.11. The third-order valence-electron chi connectivity index (χ3n) is 3.65. The summed E-state index contributed by atoms with van der Waals surface area (Å²) in [5.74, 6) is 1.11. The van der Waals surface area contributed by atoms with Crippen LogP contribution in [0.1, 0.15) is 10.5 Å². The molecule has 3 aromatic heterocycles. The van der Waals surface area contributed by atoms with E-state index in [1.54, 1.807) is 31.1 Å². The summed E-state index contributed by atoms with van der Waals surface area (Å²) in [6.07, 6.45) is 1.71. The van der Waals surface area contributed by atoms with E-state index in [0.717, 1.165) is 16.7 Å². The average molecular weight is 354 g/mol. The lowest BCUT2D eigenvalue weighted by Gasteiger charge is -1.97. The van der Waals surface area contributed by atoms with Gasteiger partial charge in [-0.3, -0.25) is 14.8 Å². The Hall–Kier alpha value is -3.13. The second-order valence-corrected chi connectivity index (χ2v) is 6.24. The summed E-state index contributed by atoms with van der Waals surface area (Å²) < 4.78 is 12.6. The number of ether oxygens (including phenoxy) is 1. The van der Waals surface area contributed by atoms with E-state index >= 15 is 0 Å². The highest BCUT2D eigenvalue weighted by atomic mass is 32.1. The summed E-state index contributed by atoms with van der Waals surface area (Å²) in [5, 5.41) is 10.1. The molecule has 0 saturated carbocycles. The highest BCUT2D eigenvalue weighted by Gasteiger charge is 2.14. The first-order chi connectivity index (χ1) is 12.1. The number of amides is 1. The predicted molar refractivity (Wildman–Crippen MR) is 95.0 cm³/mol. The van der Waals surface area contributed by atoms with E-state index in [1.165, 1.54) is 11.3 Å². The minimum atomic E-state index is -0.296. The van der Waals surface area contributed by atoms with E-state index in [1.807, 2.05) is 29.6 Å².